The third-order valence-electron chi connectivity index (χ3n) is 3.71. The van der Waals surface area contributed by atoms with Crippen molar-refractivity contribution >= 4 is 34.9 Å². The molecule has 0 aromatic rings. The van der Waals surface area contributed by atoms with Crippen LogP contribution in [0, 0.1) is 5.41 Å². The summed E-state index contributed by atoms with van der Waals surface area (Å²) in [5.41, 5.74) is 4.62. The molecular weight excluding hydrogens is 266 g/mol. The first-order valence-electron chi connectivity index (χ1n) is 6.15. The Morgan fingerprint density at radius 2 is 2.16 bits per heavy atom. The van der Waals surface area contributed by atoms with Crippen LogP contribution >= 0.6 is 12.2 Å². The molecule has 6 nitrogen and oxygen atoms in total. The number of likely N-dealkylation sites (tertiary alicyclic amines) is 1. The second-order valence-corrected chi connectivity index (χ2v) is 5.35. The smallest absolute Gasteiger partial charge is 0.251 e. The van der Waals surface area contributed by atoms with Crippen molar-refractivity contribution in [3.63, 3.8) is 0 Å². The summed E-state index contributed by atoms with van der Waals surface area (Å²) in [7, 11) is 1.41. The number of thiocarbonyl (C=S) groups is 1. The van der Waals surface area contributed by atoms with Gasteiger partial charge in [0.2, 0.25) is 11.8 Å². The summed E-state index contributed by atoms with van der Waals surface area (Å²) >= 11 is 4.91. The van der Waals surface area contributed by atoms with Crippen LogP contribution in [0.2, 0.25) is 0 Å². The highest BCUT2D eigenvalue weighted by atomic mass is 32.1. The molecule has 3 amide bonds. The topological polar surface area (TPSA) is 92.5 Å². The van der Waals surface area contributed by atoms with E-state index in [9.17, 15) is 14.4 Å². The minimum atomic E-state index is -0.977. The van der Waals surface area contributed by atoms with E-state index < -0.39 is 17.4 Å². The van der Waals surface area contributed by atoms with Crippen LogP contribution in [-0.2, 0) is 14.4 Å². The fourth-order valence-corrected chi connectivity index (χ4v) is 2.05. The summed E-state index contributed by atoms with van der Waals surface area (Å²) < 4.78 is 0. The maximum Gasteiger partial charge on any atom is 0.251 e. The van der Waals surface area contributed by atoms with Gasteiger partial charge in [-0.2, -0.15) is 0 Å². The Morgan fingerprint density at radius 1 is 1.58 bits per heavy atom. The van der Waals surface area contributed by atoms with E-state index in [1.165, 1.54) is 7.05 Å². The molecule has 0 spiro atoms. The molecule has 0 radical (unpaired) electrons. The van der Waals surface area contributed by atoms with Gasteiger partial charge in [0.25, 0.3) is 5.91 Å². The quantitative estimate of drug-likeness (QED) is 0.558. The van der Waals surface area contributed by atoms with E-state index in [0.29, 0.717) is 12.8 Å². The zero-order chi connectivity index (χ0) is 14.8. The molecule has 3 N–H and O–H groups in total. The molecule has 0 aromatic carbocycles. The number of carbonyl (C=O) groups is 3. The number of hydrogen-bond donors (Lipinski definition) is 2. The summed E-state index contributed by atoms with van der Waals surface area (Å²) in [4.78, 5) is 36.6. The molecule has 0 saturated carbocycles. The minimum absolute atomic E-state index is 0.0974. The van der Waals surface area contributed by atoms with Crippen LogP contribution < -0.4 is 11.1 Å². The number of amides is 3. The molecule has 2 atom stereocenters. The molecule has 1 fully saturated rings. The molecule has 1 heterocycles. The fraction of sp³-hybridized carbons (Fsp3) is 0.667. The van der Waals surface area contributed by atoms with E-state index in [-0.39, 0.29) is 23.2 Å². The number of nitrogens with two attached hydrogens (primary N) is 1. The first kappa shape index (κ1) is 15.6. The van der Waals surface area contributed by atoms with Crippen molar-refractivity contribution in [1.82, 2.24) is 10.2 Å². The average Bonchev–Trinajstić information content (AvgIpc) is 2.38. The lowest BCUT2D eigenvalue weighted by Gasteiger charge is -2.32. The lowest BCUT2D eigenvalue weighted by atomic mass is 9.86. The summed E-state index contributed by atoms with van der Waals surface area (Å²) in [6, 6.07) is -0.685. The van der Waals surface area contributed by atoms with E-state index >= 15 is 0 Å². The molecule has 1 aliphatic heterocycles. The SMILES string of the molecule is CCC(C)(C(=O)NC1CCC(=O)N(C)C1=O)C(N)=S. The van der Waals surface area contributed by atoms with Gasteiger partial charge in [-0.1, -0.05) is 19.1 Å². The van der Waals surface area contributed by atoms with Gasteiger partial charge in [-0.25, -0.2) is 0 Å². The molecule has 19 heavy (non-hydrogen) atoms. The largest absolute Gasteiger partial charge is 0.392 e. The van der Waals surface area contributed by atoms with Crippen LogP contribution in [-0.4, -0.2) is 40.7 Å². The van der Waals surface area contributed by atoms with Crippen molar-refractivity contribution < 1.29 is 14.4 Å². The van der Waals surface area contributed by atoms with Crippen molar-refractivity contribution in [2.75, 3.05) is 7.05 Å². The Bertz CT molecular complexity index is 438. The van der Waals surface area contributed by atoms with Gasteiger partial charge in [0.1, 0.15) is 6.04 Å². The maximum atomic E-state index is 12.2. The van der Waals surface area contributed by atoms with Crippen LogP contribution in [0.15, 0.2) is 0 Å². The van der Waals surface area contributed by atoms with Crippen molar-refractivity contribution in [2.45, 2.75) is 39.2 Å². The summed E-state index contributed by atoms with van der Waals surface area (Å²) in [6.07, 6.45) is 0.998. The predicted molar refractivity (Wildman–Crippen MR) is 74.1 cm³/mol. The van der Waals surface area contributed by atoms with Crippen LogP contribution in [0.25, 0.3) is 0 Å². The normalized spacial score (nSPS) is 22.9. The van der Waals surface area contributed by atoms with Gasteiger partial charge >= 0.3 is 0 Å². The number of imide groups is 1. The molecule has 0 aromatic heterocycles. The third-order valence-corrected chi connectivity index (χ3v) is 4.16. The van der Waals surface area contributed by atoms with Crippen molar-refractivity contribution in [3.8, 4) is 0 Å². The van der Waals surface area contributed by atoms with Gasteiger partial charge in [-0.3, -0.25) is 19.3 Å². The zero-order valence-electron chi connectivity index (χ0n) is 11.4. The standard InChI is InChI=1S/C12H19N3O3S/c1-4-12(2,10(13)19)11(18)14-7-5-6-8(16)15(3)9(7)17/h7H,4-6H2,1-3H3,(H2,13,19)(H,14,18). The number of hydrogen-bond acceptors (Lipinski definition) is 4. The Kier molecular flexibility index (Phi) is 4.62. The van der Waals surface area contributed by atoms with Gasteiger partial charge < -0.3 is 11.1 Å². The molecule has 0 bridgehead atoms. The fourth-order valence-electron chi connectivity index (χ4n) is 1.81. The summed E-state index contributed by atoms with van der Waals surface area (Å²) in [5, 5.41) is 2.64. The monoisotopic (exact) mass is 285 g/mol. The molecule has 1 rings (SSSR count). The number of nitrogens with one attached hydrogen (secondary N) is 1. The number of likely N-dealkylation sites (N-methyl/N-ethyl adjacent to an activating group) is 1. The predicted octanol–water partition coefficient (Wildman–Crippen LogP) is -0.0476. The molecule has 1 aliphatic rings. The van der Waals surface area contributed by atoms with E-state index in [1.54, 1.807) is 13.8 Å². The first-order valence-corrected chi connectivity index (χ1v) is 6.56. The molecule has 1 saturated heterocycles. The van der Waals surface area contributed by atoms with Crippen LogP contribution in [0.3, 0.4) is 0 Å². The molecule has 2 unspecified atom stereocenters. The summed E-state index contributed by atoms with van der Waals surface area (Å²) in [5.74, 6) is -1.00. The average molecular weight is 285 g/mol. The Labute approximate surface area is 117 Å². The lowest BCUT2D eigenvalue weighted by Crippen LogP contribution is -2.57. The number of nitrogens with zero attached hydrogens (tertiary/aromatic N) is 1. The van der Waals surface area contributed by atoms with Gasteiger partial charge in [0.05, 0.1) is 10.4 Å². The van der Waals surface area contributed by atoms with Crippen molar-refractivity contribution in [2.24, 2.45) is 11.1 Å². The van der Waals surface area contributed by atoms with E-state index in [1.807, 2.05) is 0 Å². The zero-order valence-corrected chi connectivity index (χ0v) is 12.2. The van der Waals surface area contributed by atoms with Gasteiger partial charge in [0.15, 0.2) is 0 Å². The lowest BCUT2D eigenvalue weighted by molar-refractivity contribution is -0.150. The minimum Gasteiger partial charge on any atom is -0.392 e. The Balaban J connectivity index is 2.80. The third kappa shape index (κ3) is 2.91. The molecule has 0 aliphatic carbocycles. The number of piperidine rings is 1. The second-order valence-electron chi connectivity index (χ2n) is 4.91. The number of rotatable bonds is 4. The van der Waals surface area contributed by atoms with E-state index in [4.69, 9.17) is 18.0 Å². The van der Waals surface area contributed by atoms with Crippen LogP contribution in [0.1, 0.15) is 33.1 Å². The van der Waals surface area contributed by atoms with E-state index in [0.717, 1.165) is 4.90 Å². The second kappa shape index (κ2) is 5.64. The highest BCUT2D eigenvalue weighted by Gasteiger charge is 2.39. The van der Waals surface area contributed by atoms with Crippen molar-refractivity contribution in [3.05, 3.63) is 0 Å². The van der Waals surface area contributed by atoms with Gasteiger partial charge in [-0.05, 0) is 19.8 Å². The number of carbonyl (C=O) groups excluding carboxylic acids is 3. The molecule has 106 valence electrons. The maximum absolute atomic E-state index is 12.2. The van der Waals surface area contributed by atoms with Crippen LogP contribution in [0.5, 0.6) is 0 Å². The highest BCUT2D eigenvalue weighted by Crippen LogP contribution is 2.23. The van der Waals surface area contributed by atoms with Gasteiger partial charge in [0, 0.05) is 13.5 Å². The Morgan fingerprint density at radius 3 is 2.63 bits per heavy atom. The van der Waals surface area contributed by atoms with Crippen LogP contribution in [0.4, 0.5) is 0 Å². The van der Waals surface area contributed by atoms with Gasteiger partial charge in [-0.15, -0.1) is 0 Å². The molecule has 7 heteroatoms. The summed E-state index contributed by atoms with van der Waals surface area (Å²) in [6.45, 7) is 3.45. The Hall–Kier alpha value is -1.50. The highest BCUT2D eigenvalue weighted by molar-refractivity contribution is 7.80. The first-order chi connectivity index (χ1) is 8.74. The van der Waals surface area contributed by atoms with Crippen molar-refractivity contribution in [1.29, 1.82) is 0 Å². The van der Waals surface area contributed by atoms with E-state index in [2.05, 4.69) is 5.32 Å². The molecular formula is C12H19N3O3S.